The number of hydrogen-bond donors (Lipinski definition) is 0. The molecule has 22 heavy (non-hydrogen) atoms. The van der Waals surface area contributed by atoms with Gasteiger partial charge >= 0.3 is 6.01 Å². The van der Waals surface area contributed by atoms with Gasteiger partial charge in [0.1, 0.15) is 18.1 Å². The van der Waals surface area contributed by atoms with Crippen molar-refractivity contribution in [2.75, 3.05) is 32.3 Å². The Morgan fingerprint density at radius 2 is 2.05 bits per heavy atom. The lowest BCUT2D eigenvalue weighted by molar-refractivity contribution is 0.0970. The number of fused-ring (bicyclic) bond motifs is 1. The molecule has 0 saturated heterocycles. The monoisotopic (exact) mass is 301 g/mol. The Morgan fingerprint density at radius 3 is 2.82 bits per heavy atom. The number of ether oxygens (including phenoxy) is 3. The fourth-order valence-electron chi connectivity index (χ4n) is 2.23. The highest BCUT2D eigenvalue weighted by atomic mass is 16.5. The molecular weight excluding hydrogens is 286 g/mol. The highest BCUT2D eigenvalue weighted by Gasteiger charge is 2.26. The zero-order valence-corrected chi connectivity index (χ0v) is 12.3. The minimum Gasteiger partial charge on any atom is -0.490 e. The number of carbonyl (C=O) groups is 1. The standard InChI is InChI=1S/C15H15N3O4/c1-20-13-9-10(16-15(17-13)21-2)14(19)18-7-8-22-12-6-4-3-5-11(12)18/h3-6,9H,7-8H2,1-2H3. The van der Waals surface area contributed by atoms with Gasteiger partial charge in [-0.25, -0.2) is 0 Å². The number of amides is 1. The summed E-state index contributed by atoms with van der Waals surface area (Å²) in [7, 11) is 2.91. The van der Waals surface area contributed by atoms with E-state index in [1.54, 1.807) is 4.90 Å². The first kappa shape index (κ1) is 14.1. The molecule has 1 aliphatic rings. The van der Waals surface area contributed by atoms with Crippen molar-refractivity contribution >= 4 is 11.6 Å². The Labute approximate surface area is 127 Å². The molecule has 2 heterocycles. The molecule has 0 N–H and O–H groups in total. The predicted molar refractivity (Wildman–Crippen MR) is 78.7 cm³/mol. The summed E-state index contributed by atoms with van der Waals surface area (Å²) in [5.41, 5.74) is 0.927. The van der Waals surface area contributed by atoms with Gasteiger partial charge in [0, 0.05) is 6.07 Å². The first-order valence-electron chi connectivity index (χ1n) is 6.73. The molecule has 114 valence electrons. The van der Waals surface area contributed by atoms with E-state index in [1.807, 2.05) is 24.3 Å². The number of nitrogens with zero attached hydrogens (tertiary/aromatic N) is 3. The van der Waals surface area contributed by atoms with E-state index in [2.05, 4.69) is 9.97 Å². The fourth-order valence-corrected chi connectivity index (χ4v) is 2.23. The van der Waals surface area contributed by atoms with E-state index in [-0.39, 0.29) is 23.5 Å². The maximum Gasteiger partial charge on any atom is 0.320 e. The summed E-state index contributed by atoms with van der Waals surface area (Å²) in [6, 6.07) is 8.96. The largest absolute Gasteiger partial charge is 0.490 e. The summed E-state index contributed by atoms with van der Waals surface area (Å²) in [4.78, 5) is 22.5. The van der Waals surface area contributed by atoms with Crippen molar-refractivity contribution in [1.82, 2.24) is 9.97 Å². The quantitative estimate of drug-likeness (QED) is 0.856. The van der Waals surface area contributed by atoms with Crippen molar-refractivity contribution in [1.29, 1.82) is 0 Å². The Balaban J connectivity index is 1.98. The summed E-state index contributed by atoms with van der Waals surface area (Å²) < 4.78 is 15.6. The molecule has 0 aliphatic carbocycles. The van der Waals surface area contributed by atoms with E-state index in [0.717, 1.165) is 5.69 Å². The van der Waals surface area contributed by atoms with Crippen LogP contribution < -0.4 is 19.1 Å². The van der Waals surface area contributed by atoms with Crippen LogP contribution in [0, 0.1) is 0 Å². The van der Waals surface area contributed by atoms with E-state index in [0.29, 0.717) is 18.9 Å². The van der Waals surface area contributed by atoms with E-state index < -0.39 is 0 Å². The SMILES string of the molecule is COc1cc(C(=O)N2CCOc3ccccc32)nc(OC)n1. The summed E-state index contributed by atoms with van der Waals surface area (Å²) in [5.74, 6) is 0.696. The van der Waals surface area contributed by atoms with Crippen LogP contribution in [0.2, 0.25) is 0 Å². The van der Waals surface area contributed by atoms with Gasteiger partial charge < -0.3 is 19.1 Å². The first-order chi connectivity index (χ1) is 10.7. The third-order valence-electron chi connectivity index (χ3n) is 3.27. The maximum atomic E-state index is 12.8. The summed E-state index contributed by atoms with van der Waals surface area (Å²) >= 11 is 0. The van der Waals surface area contributed by atoms with Crippen molar-refractivity contribution in [3.05, 3.63) is 36.0 Å². The molecule has 0 bridgehead atoms. The number of rotatable bonds is 3. The predicted octanol–water partition coefficient (Wildman–Crippen LogP) is 1.53. The van der Waals surface area contributed by atoms with Crippen LogP contribution in [-0.4, -0.2) is 43.2 Å². The molecule has 7 nitrogen and oxygen atoms in total. The molecule has 0 unspecified atom stereocenters. The number of methoxy groups -OCH3 is 2. The lowest BCUT2D eigenvalue weighted by atomic mass is 10.2. The fraction of sp³-hybridized carbons (Fsp3) is 0.267. The topological polar surface area (TPSA) is 73.8 Å². The van der Waals surface area contributed by atoms with Gasteiger partial charge in [0.25, 0.3) is 5.91 Å². The van der Waals surface area contributed by atoms with Crippen LogP contribution in [0.1, 0.15) is 10.5 Å². The van der Waals surface area contributed by atoms with Gasteiger partial charge in [0.15, 0.2) is 0 Å². The number of carbonyl (C=O) groups excluding carboxylic acids is 1. The average Bonchev–Trinajstić information content (AvgIpc) is 2.60. The van der Waals surface area contributed by atoms with Crippen molar-refractivity contribution in [3.8, 4) is 17.6 Å². The van der Waals surface area contributed by atoms with Crippen molar-refractivity contribution < 1.29 is 19.0 Å². The highest BCUT2D eigenvalue weighted by Crippen LogP contribution is 2.32. The second-order valence-corrected chi connectivity index (χ2v) is 4.56. The number of para-hydroxylation sites is 2. The average molecular weight is 301 g/mol. The second kappa shape index (κ2) is 5.88. The van der Waals surface area contributed by atoms with Crippen molar-refractivity contribution in [2.24, 2.45) is 0 Å². The van der Waals surface area contributed by atoms with Gasteiger partial charge in [-0.15, -0.1) is 0 Å². The van der Waals surface area contributed by atoms with E-state index in [4.69, 9.17) is 14.2 Å². The third kappa shape index (κ3) is 2.52. The smallest absolute Gasteiger partial charge is 0.320 e. The second-order valence-electron chi connectivity index (χ2n) is 4.56. The summed E-state index contributed by atoms with van der Waals surface area (Å²) in [6.45, 7) is 0.882. The van der Waals surface area contributed by atoms with Gasteiger partial charge in [-0.3, -0.25) is 4.79 Å². The van der Waals surface area contributed by atoms with E-state index in [9.17, 15) is 4.79 Å². The normalized spacial score (nSPS) is 13.1. The molecule has 7 heteroatoms. The molecule has 2 aromatic rings. The Kier molecular flexibility index (Phi) is 3.78. The maximum absolute atomic E-state index is 12.8. The minimum absolute atomic E-state index is 0.0873. The van der Waals surface area contributed by atoms with E-state index >= 15 is 0 Å². The molecule has 1 aromatic heterocycles. The van der Waals surface area contributed by atoms with Gasteiger partial charge in [0.2, 0.25) is 5.88 Å². The molecule has 0 fully saturated rings. The first-order valence-corrected chi connectivity index (χ1v) is 6.73. The Morgan fingerprint density at radius 1 is 1.23 bits per heavy atom. The van der Waals surface area contributed by atoms with Crippen LogP contribution in [0.25, 0.3) is 0 Å². The third-order valence-corrected chi connectivity index (χ3v) is 3.27. The molecule has 0 saturated carbocycles. The van der Waals surface area contributed by atoms with Gasteiger partial charge in [0.05, 0.1) is 26.5 Å². The number of hydrogen-bond acceptors (Lipinski definition) is 6. The van der Waals surface area contributed by atoms with Gasteiger partial charge in [-0.05, 0) is 12.1 Å². The molecule has 0 atom stereocenters. The zero-order chi connectivity index (χ0) is 15.5. The highest BCUT2D eigenvalue weighted by molar-refractivity contribution is 6.06. The minimum atomic E-state index is -0.255. The molecule has 1 aromatic carbocycles. The van der Waals surface area contributed by atoms with Crippen molar-refractivity contribution in [3.63, 3.8) is 0 Å². The summed E-state index contributed by atoms with van der Waals surface area (Å²) in [5, 5.41) is 0. The van der Waals surface area contributed by atoms with Crippen LogP contribution in [0.15, 0.2) is 30.3 Å². The molecule has 3 rings (SSSR count). The molecule has 0 spiro atoms. The number of anilines is 1. The van der Waals surface area contributed by atoms with E-state index in [1.165, 1.54) is 20.3 Å². The van der Waals surface area contributed by atoms with Crippen LogP contribution >= 0.6 is 0 Å². The molecule has 1 aliphatic heterocycles. The van der Waals surface area contributed by atoms with Gasteiger partial charge in [-0.1, -0.05) is 12.1 Å². The Bertz CT molecular complexity index is 683. The molecule has 0 radical (unpaired) electrons. The van der Waals surface area contributed by atoms with Crippen LogP contribution in [0.4, 0.5) is 5.69 Å². The summed E-state index contributed by atoms with van der Waals surface area (Å²) in [6.07, 6.45) is 0. The van der Waals surface area contributed by atoms with Crippen molar-refractivity contribution in [2.45, 2.75) is 0 Å². The lowest BCUT2D eigenvalue weighted by Gasteiger charge is -2.29. The number of aromatic nitrogens is 2. The zero-order valence-electron chi connectivity index (χ0n) is 12.3. The van der Waals surface area contributed by atoms with Crippen LogP contribution in [-0.2, 0) is 0 Å². The Hall–Kier alpha value is -2.83. The number of benzene rings is 1. The van der Waals surface area contributed by atoms with Gasteiger partial charge in [-0.2, -0.15) is 9.97 Å². The molecule has 1 amide bonds. The lowest BCUT2D eigenvalue weighted by Crippen LogP contribution is -2.38. The van der Waals surface area contributed by atoms with Crippen LogP contribution in [0.5, 0.6) is 17.6 Å². The van der Waals surface area contributed by atoms with Crippen LogP contribution in [0.3, 0.4) is 0 Å². The molecular formula is C15H15N3O4.